The number of hydrogen-bond donors (Lipinski definition) is 3. The third kappa shape index (κ3) is 5.72. The van der Waals surface area contributed by atoms with Gasteiger partial charge < -0.3 is 15.5 Å². The second-order valence-corrected chi connectivity index (χ2v) is 9.06. The molecule has 33 heavy (non-hydrogen) atoms. The highest BCUT2D eigenvalue weighted by molar-refractivity contribution is 6.34. The second-order valence-electron chi connectivity index (χ2n) is 8.65. The number of aromatic nitrogens is 3. The minimum atomic E-state index is -0.219. The summed E-state index contributed by atoms with van der Waals surface area (Å²) in [5, 5.41) is 10.2. The van der Waals surface area contributed by atoms with Crippen LogP contribution in [0.4, 0.5) is 11.5 Å². The van der Waals surface area contributed by atoms with Crippen LogP contribution in [-0.2, 0) is 13.6 Å². The summed E-state index contributed by atoms with van der Waals surface area (Å²) in [6.07, 6.45) is 7.34. The van der Waals surface area contributed by atoms with Gasteiger partial charge in [-0.2, -0.15) is 0 Å². The van der Waals surface area contributed by atoms with Crippen LogP contribution in [0.5, 0.6) is 0 Å². The molecule has 1 aliphatic rings. The van der Waals surface area contributed by atoms with Crippen LogP contribution in [0.25, 0.3) is 0 Å². The molecule has 0 bridgehead atoms. The number of hydrogen-bond acceptors (Lipinski definition) is 4. The average Bonchev–Trinajstić information content (AvgIpc) is 3.10. The maximum atomic E-state index is 12.6. The molecular formula is C25H32ClN6O+. The van der Waals surface area contributed by atoms with E-state index in [0.29, 0.717) is 16.4 Å². The second kappa shape index (κ2) is 10.8. The number of amides is 1. The van der Waals surface area contributed by atoms with Crippen molar-refractivity contribution in [1.82, 2.24) is 15.4 Å². The summed E-state index contributed by atoms with van der Waals surface area (Å²) in [5.41, 5.74) is 3.88. The molecule has 0 radical (unpaired) electrons. The fraction of sp³-hybridized carbons (Fsp3) is 0.400. The van der Waals surface area contributed by atoms with E-state index >= 15 is 0 Å². The van der Waals surface area contributed by atoms with E-state index in [1.807, 2.05) is 37.1 Å². The molecule has 7 nitrogen and oxygen atoms in total. The first-order valence-electron chi connectivity index (χ1n) is 11.5. The van der Waals surface area contributed by atoms with E-state index in [-0.39, 0.29) is 5.91 Å². The summed E-state index contributed by atoms with van der Waals surface area (Å²) in [6.45, 7) is 5.96. The number of carbonyl (C=O) groups excluding carboxylic acids is 1. The van der Waals surface area contributed by atoms with E-state index in [9.17, 15) is 4.79 Å². The molecule has 3 heterocycles. The molecule has 0 saturated carbocycles. The predicted molar refractivity (Wildman–Crippen MR) is 132 cm³/mol. The smallest absolute Gasteiger partial charge is 0.258 e. The average molecular weight is 468 g/mol. The molecule has 1 aromatic carbocycles. The zero-order valence-corrected chi connectivity index (χ0v) is 20.0. The lowest BCUT2D eigenvalue weighted by Gasteiger charge is -2.33. The van der Waals surface area contributed by atoms with Crippen molar-refractivity contribution in [2.45, 2.75) is 32.7 Å². The third-order valence-corrected chi connectivity index (χ3v) is 6.84. The highest BCUT2D eigenvalue weighted by Gasteiger charge is 2.22. The quantitative estimate of drug-likeness (QED) is 0.347. The van der Waals surface area contributed by atoms with Crippen molar-refractivity contribution in [3.05, 3.63) is 70.6 Å². The van der Waals surface area contributed by atoms with Crippen LogP contribution in [0.3, 0.4) is 0 Å². The molecule has 0 spiro atoms. The van der Waals surface area contributed by atoms with Crippen LogP contribution in [0.1, 0.15) is 40.9 Å². The molecule has 4 rings (SSSR count). The van der Waals surface area contributed by atoms with Gasteiger partial charge in [0.15, 0.2) is 12.9 Å². The number of halogens is 1. The Morgan fingerprint density at radius 1 is 1.21 bits per heavy atom. The minimum absolute atomic E-state index is 0.219. The van der Waals surface area contributed by atoms with E-state index < -0.39 is 0 Å². The Bertz CT molecular complexity index is 1080. The summed E-state index contributed by atoms with van der Waals surface area (Å²) in [4.78, 5) is 19.2. The Morgan fingerprint density at radius 3 is 2.67 bits per heavy atom. The normalized spacial score (nSPS) is 14.5. The van der Waals surface area contributed by atoms with Gasteiger partial charge in [-0.15, -0.1) is 9.78 Å². The van der Waals surface area contributed by atoms with E-state index in [2.05, 4.69) is 37.7 Å². The van der Waals surface area contributed by atoms with E-state index in [0.717, 1.165) is 43.4 Å². The molecule has 0 aliphatic carbocycles. The Hall–Kier alpha value is -2.90. The molecule has 1 saturated heterocycles. The lowest BCUT2D eigenvalue weighted by molar-refractivity contribution is -0.733. The van der Waals surface area contributed by atoms with Crippen LogP contribution < -0.4 is 20.2 Å². The standard InChI is InChI=1S/C25H31ClN6O/c1-18-23(31(2)30-24(18)29-25(33)21-5-3-4-6-22(21)26)17-28-12-7-19-10-15-32(16-11-19)20-8-13-27-14-9-20/h3-6,8-9,13-14,19,28H,7,10-12,15-17H2,1-2H3,(H,29,30,33)/p+1. The monoisotopic (exact) mass is 467 g/mol. The lowest BCUT2D eigenvalue weighted by Crippen LogP contribution is -2.38. The van der Waals surface area contributed by atoms with Gasteiger partial charge in [-0.1, -0.05) is 23.7 Å². The van der Waals surface area contributed by atoms with Crippen LogP contribution in [0, 0.1) is 12.8 Å². The fourth-order valence-corrected chi connectivity index (χ4v) is 4.68. The van der Waals surface area contributed by atoms with Gasteiger partial charge in [0.25, 0.3) is 5.91 Å². The molecule has 174 valence electrons. The van der Waals surface area contributed by atoms with Crippen molar-refractivity contribution in [2.24, 2.45) is 13.0 Å². The van der Waals surface area contributed by atoms with Crippen molar-refractivity contribution in [2.75, 3.05) is 29.9 Å². The Morgan fingerprint density at radius 2 is 1.94 bits per heavy atom. The molecule has 1 fully saturated rings. The zero-order chi connectivity index (χ0) is 23.2. The van der Waals surface area contributed by atoms with Gasteiger partial charge in [0, 0.05) is 31.2 Å². The van der Waals surface area contributed by atoms with Gasteiger partial charge in [0.1, 0.15) is 0 Å². The first kappa shape index (κ1) is 23.3. The van der Waals surface area contributed by atoms with Gasteiger partial charge >= 0.3 is 0 Å². The van der Waals surface area contributed by atoms with Crippen molar-refractivity contribution in [1.29, 1.82) is 0 Å². The van der Waals surface area contributed by atoms with Gasteiger partial charge in [-0.25, -0.2) is 0 Å². The summed E-state index contributed by atoms with van der Waals surface area (Å²) in [7, 11) is 1.96. The number of benzene rings is 1. The number of H-pyrrole nitrogens is 1. The van der Waals surface area contributed by atoms with Crippen LogP contribution >= 0.6 is 11.6 Å². The van der Waals surface area contributed by atoms with Gasteiger partial charge in [-0.05, 0) is 62.9 Å². The van der Waals surface area contributed by atoms with Crippen molar-refractivity contribution in [3.63, 3.8) is 0 Å². The minimum Gasteiger partial charge on any atom is -0.371 e. The van der Waals surface area contributed by atoms with E-state index in [1.165, 1.54) is 24.9 Å². The molecule has 3 N–H and O–H groups in total. The van der Waals surface area contributed by atoms with Crippen LogP contribution in [0.2, 0.25) is 5.02 Å². The molecule has 0 atom stereocenters. The number of pyridine rings is 1. The molecule has 3 aromatic rings. The first-order chi connectivity index (χ1) is 16.0. The molecule has 0 unspecified atom stereocenters. The van der Waals surface area contributed by atoms with Gasteiger partial charge in [-0.3, -0.25) is 9.78 Å². The fourth-order valence-electron chi connectivity index (χ4n) is 4.46. The molecule has 2 aromatic heterocycles. The number of carbonyl (C=O) groups is 1. The first-order valence-corrected chi connectivity index (χ1v) is 11.9. The highest BCUT2D eigenvalue weighted by atomic mass is 35.5. The van der Waals surface area contributed by atoms with Crippen LogP contribution in [-0.4, -0.2) is 35.6 Å². The largest absolute Gasteiger partial charge is 0.371 e. The molecule has 1 amide bonds. The Labute approximate surface area is 200 Å². The number of aryl methyl sites for hydroxylation is 1. The van der Waals surface area contributed by atoms with Crippen molar-refractivity contribution < 1.29 is 9.48 Å². The number of rotatable bonds is 8. The number of nitrogens with zero attached hydrogens (tertiary/aromatic N) is 3. The van der Waals surface area contributed by atoms with Gasteiger partial charge in [0.2, 0.25) is 5.69 Å². The zero-order valence-electron chi connectivity index (χ0n) is 19.3. The summed E-state index contributed by atoms with van der Waals surface area (Å²) >= 11 is 6.16. The lowest BCUT2D eigenvalue weighted by atomic mass is 9.93. The maximum Gasteiger partial charge on any atom is 0.258 e. The maximum absolute atomic E-state index is 12.6. The van der Waals surface area contributed by atoms with Gasteiger partial charge in [0.05, 0.1) is 22.7 Å². The molecule has 8 heteroatoms. The van der Waals surface area contributed by atoms with E-state index in [4.69, 9.17) is 11.6 Å². The van der Waals surface area contributed by atoms with Crippen LogP contribution in [0.15, 0.2) is 48.8 Å². The number of aromatic amines is 1. The summed E-state index contributed by atoms with van der Waals surface area (Å²) < 4.78 is 1.96. The Kier molecular flexibility index (Phi) is 7.62. The predicted octanol–water partition coefficient (Wildman–Crippen LogP) is 3.84. The topological polar surface area (TPSA) is 76.9 Å². The number of anilines is 2. The highest BCUT2D eigenvalue weighted by Crippen LogP contribution is 2.24. The summed E-state index contributed by atoms with van der Waals surface area (Å²) in [5.74, 6) is 1.23. The number of nitrogens with one attached hydrogen (secondary N) is 3. The SMILES string of the molecule is Cc1c(NC(=O)c2ccccc2Cl)[nH][n+](C)c1CNCCC1CCN(c2ccncc2)CC1. The molecule has 1 aliphatic heterocycles. The van der Waals surface area contributed by atoms with E-state index in [1.54, 1.807) is 18.2 Å². The summed E-state index contributed by atoms with van der Waals surface area (Å²) in [6, 6.07) is 11.2. The van der Waals surface area contributed by atoms with Crippen molar-refractivity contribution in [3.8, 4) is 0 Å². The molecular weight excluding hydrogens is 436 g/mol. The van der Waals surface area contributed by atoms with Crippen molar-refractivity contribution >= 4 is 29.0 Å². The Balaban J connectivity index is 1.24. The number of piperidine rings is 1. The third-order valence-electron chi connectivity index (χ3n) is 6.51.